The highest BCUT2D eigenvalue weighted by Crippen LogP contribution is 2.71. The Bertz CT molecular complexity index is 738. The zero-order valence-electron chi connectivity index (χ0n) is 17.9. The maximum Gasteiger partial charge on any atom is 0.306 e. The quantitative estimate of drug-likeness (QED) is 0.580. The number of hydrogen-bond acceptors (Lipinski definition) is 3. The Morgan fingerprint density at radius 1 is 1.04 bits per heavy atom. The molecule has 5 aliphatic rings. The van der Waals surface area contributed by atoms with Crippen LogP contribution >= 0.6 is 0 Å². The first kappa shape index (κ1) is 18.9. The number of carbonyl (C=O) groups is 2. The number of ether oxygens (including phenoxy) is 1. The molecule has 1 spiro atoms. The molecule has 28 heavy (non-hydrogen) atoms. The summed E-state index contributed by atoms with van der Waals surface area (Å²) in [5.74, 6) is 3.16. The summed E-state index contributed by atoms with van der Waals surface area (Å²) in [7, 11) is 0. The molecule has 1 saturated heterocycles. The van der Waals surface area contributed by atoms with E-state index in [0.717, 1.165) is 38.0 Å². The number of hydrogen-bond donors (Lipinski definition) is 0. The Hall–Kier alpha value is -1.12. The third kappa shape index (κ3) is 2.34. The number of allylic oxidation sites excluding steroid dienone is 1. The fraction of sp³-hybridized carbons (Fsp3) is 0.840. The van der Waals surface area contributed by atoms with Crippen LogP contribution in [0.25, 0.3) is 0 Å². The number of rotatable bonds is 2. The van der Waals surface area contributed by atoms with Crippen molar-refractivity contribution in [3.8, 4) is 0 Å². The van der Waals surface area contributed by atoms with Gasteiger partial charge in [-0.2, -0.15) is 0 Å². The SMILES string of the molecule is CCC[C@@H]1CC2=CC(=O)CC[C@]2(C)C2CC[C@@]3(C)[C@@H](CC[C@@]34CCC(=O)O4)[C@@H]21. The topological polar surface area (TPSA) is 43.4 Å². The minimum Gasteiger partial charge on any atom is -0.458 e. The van der Waals surface area contributed by atoms with Gasteiger partial charge in [0.25, 0.3) is 0 Å². The molecule has 5 rings (SSSR count). The second-order valence-corrected chi connectivity index (χ2v) is 11.1. The minimum atomic E-state index is -0.184. The Morgan fingerprint density at radius 3 is 2.54 bits per heavy atom. The Labute approximate surface area is 169 Å². The van der Waals surface area contributed by atoms with E-state index < -0.39 is 0 Å². The molecule has 3 heteroatoms. The largest absolute Gasteiger partial charge is 0.458 e. The van der Waals surface area contributed by atoms with E-state index in [1.54, 1.807) is 0 Å². The molecule has 3 nitrogen and oxygen atoms in total. The molecular weight excluding hydrogens is 348 g/mol. The summed E-state index contributed by atoms with van der Waals surface area (Å²) >= 11 is 0. The summed E-state index contributed by atoms with van der Waals surface area (Å²) in [6, 6.07) is 0. The summed E-state index contributed by atoms with van der Waals surface area (Å²) in [5.41, 5.74) is 1.64. The average Bonchev–Trinajstić information content (AvgIpc) is 3.18. The number of ketones is 1. The highest BCUT2D eigenvalue weighted by Gasteiger charge is 2.68. The van der Waals surface area contributed by atoms with Crippen molar-refractivity contribution in [3.63, 3.8) is 0 Å². The summed E-state index contributed by atoms with van der Waals surface area (Å²) in [6.45, 7) is 7.23. The monoisotopic (exact) mass is 384 g/mol. The molecule has 0 N–H and O–H groups in total. The number of esters is 1. The molecule has 3 saturated carbocycles. The van der Waals surface area contributed by atoms with E-state index in [4.69, 9.17) is 4.74 Å². The summed E-state index contributed by atoms with van der Waals surface area (Å²) in [5, 5.41) is 0. The molecule has 7 atom stereocenters. The Kier molecular flexibility index (Phi) is 4.17. The van der Waals surface area contributed by atoms with E-state index in [-0.39, 0.29) is 22.4 Å². The molecule has 0 amide bonds. The smallest absolute Gasteiger partial charge is 0.306 e. The van der Waals surface area contributed by atoms with Gasteiger partial charge in [-0.3, -0.25) is 9.59 Å². The first-order valence-corrected chi connectivity index (χ1v) is 11.8. The van der Waals surface area contributed by atoms with Gasteiger partial charge in [-0.1, -0.05) is 39.2 Å². The third-order valence-electron chi connectivity index (χ3n) is 10.1. The van der Waals surface area contributed by atoms with Gasteiger partial charge in [0.1, 0.15) is 5.60 Å². The zero-order chi connectivity index (χ0) is 19.7. The van der Waals surface area contributed by atoms with Crippen LogP contribution in [0.4, 0.5) is 0 Å². The van der Waals surface area contributed by atoms with Crippen molar-refractivity contribution in [2.75, 3.05) is 0 Å². The van der Waals surface area contributed by atoms with Crippen LogP contribution in [0.5, 0.6) is 0 Å². The van der Waals surface area contributed by atoms with Crippen LogP contribution in [0.1, 0.15) is 91.4 Å². The van der Waals surface area contributed by atoms with E-state index in [0.29, 0.717) is 30.0 Å². The molecule has 0 radical (unpaired) electrons. The first-order valence-electron chi connectivity index (χ1n) is 11.8. The lowest BCUT2D eigenvalue weighted by atomic mass is 9.43. The Morgan fingerprint density at radius 2 is 1.82 bits per heavy atom. The maximum absolute atomic E-state index is 12.2. The van der Waals surface area contributed by atoms with Gasteiger partial charge < -0.3 is 4.74 Å². The van der Waals surface area contributed by atoms with E-state index in [2.05, 4.69) is 20.8 Å². The van der Waals surface area contributed by atoms with Crippen molar-refractivity contribution in [1.82, 2.24) is 0 Å². The van der Waals surface area contributed by atoms with Crippen molar-refractivity contribution in [3.05, 3.63) is 11.6 Å². The van der Waals surface area contributed by atoms with Gasteiger partial charge in [-0.15, -0.1) is 0 Å². The van der Waals surface area contributed by atoms with Crippen molar-refractivity contribution >= 4 is 11.8 Å². The molecule has 4 aliphatic carbocycles. The minimum absolute atomic E-state index is 0.0284. The van der Waals surface area contributed by atoms with Gasteiger partial charge in [0.15, 0.2) is 5.78 Å². The van der Waals surface area contributed by atoms with E-state index in [1.807, 2.05) is 6.08 Å². The van der Waals surface area contributed by atoms with Gasteiger partial charge in [0, 0.05) is 18.3 Å². The van der Waals surface area contributed by atoms with Gasteiger partial charge >= 0.3 is 5.97 Å². The van der Waals surface area contributed by atoms with Crippen LogP contribution in [0.3, 0.4) is 0 Å². The van der Waals surface area contributed by atoms with Crippen molar-refractivity contribution in [1.29, 1.82) is 0 Å². The van der Waals surface area contributed by atoms with E-state index in [9.17, 15) is 9.59 Å². The third-order valence-corrected chi connectivity index (χ3v) is 10.1. The highest BCUT2D eigenvalue weighted by atomic mass is 16.6. The molecule has 0 aromatic heterocycles. The van der Waals surface area contributed by atoms with Crippen LogP contribution in [0.2, 0.25) is 0 Å². The van der Waals surface area contributed by atoms with E-state index >= 15 is 0 Å². The fourth-order valence-corrected chi connectivity index (χ4v) is 8.67. The summed E-state index contributed by atoms with van der Waals surface area (Å²) < 4.78 is 6.11. The fourth-order valence-electron chi connectivity index (χ4n) is 8.67. The number of fused-ring (bicyclic) bond motifs is 6. The van der Waals surface area contributed by atoms with Gasteiger partial charge in [-0.25, -0.2) is 0 Å². The molecule has 0 bridgehead atoms. The predicted molar refractivity (Wildman–Crippen MR) is 109 cm³/mol. The lowest BCUT2D eigenvalue weighted by Gasteiger charge is -2.61. The molecule has 1 heterocycles. The Balaban J connectivity index is 1.54. The second-order valence-electron chi connectivity index (χ2n) is 11.1. The predicted octanol–water partition coefficient (Wildman–Crippen LogP) is 5.62. The molecule has 0 aromatic carbocycles. The molecule has 4 fully saturated rings. The molecule has 1 unspecified atom stereocenters. The van der Waals surface area contributed by atoms with Crippen LogP contribution < -0.4 is 0 Å². The van der Waals surface area contributed by atoms with Gasteiger partial charge in [0.05, 0.1) is 0 Å². The normalized spacial score (nSPS) is 50.0. The van der Waals surface area contributed by atoms with Crippen molar-refractivity contribution in [2.24, 2.45) is 34.5 Å². The van der Waals surface area contributed by atoms with Crippen LogP contribution in [0.15, 0.2) is 11.6 Å². The zero-order valence-corrected chi connectivity index (χ0v) is 17.9. The van der Waals surface area contributed by atoms with Gasteiger partial charge in [0.2, 0.25) is 0 Å². The van der Waals surface area contributed by atoms with Crippen LogP contribution in [0, 0.1) is 34.5 Å². The number of carbonyl (C=O) groups excluding carboxylic acids is 2. The molecular formula is C25H36O3. The van der Waals surface area contributed by atoms with Crippen LogP contribution in [-0.2, 0) is 14.3 Å². The molecule has 0 aromatic rings. The van der Waals surface area contributed by atoms with Gasteiger partial charge in [-0.05, 0) is 80.1 Å². The van der Waals surface area contributed by atoms with Crippen molar-refractivity contribution in [2.45, 2.75) is 97.0 Å². The standard InChI is InChI=1S/C25H36O3/c1-4-5-16-14-17-15-18(26)6-10-23(17,2)19-7-11-24(3)20(22(16)19)8-12-25(24)13-9-21(27)28-25/h15-16,19-20,22H,4-14H2,1-3H3/t16-,19?,20+,22-,23+,24+,25-/m1/s1. The van der Waals surface area contributed by atoms with Crippen molar-refractivity contribution < 1.29 is 14.3 Å². The van der Waals surface area contributed by atoms with E-state index in [1.165, 1.54) is 37.7 Å². The maximum atomic E-state index is 12.2. The summed E-state index contributed by atoms with van der Waals surface area (Å²) in [4.78, 5) is 24.3. The molecule has 154 valence electrons. The van der Waals surface area contributed by atoms with Crippen LogP contribution in [-0.4, -0.2) is 17.4 Å². The second kappa shape index (κ2) is 6.19. The summed E-state index contributed by atoms with van der Waals surface area (Å²) in [6.07, 6.45) is 13.7. The average molecular weight is 385 g/mol. The molecule has 1 aliphatic heterocycles. The highest BCUT2D eigenvalue weighted by molar-refractivity contribution is 5.91. The lowest BCUT2D eigenvalue weighted by molar-refractivity contribution is -0.171. The lowest BCUT2D eigenvalue weighted by Crippen LogP contribution is -2.57. The first-order chi connectivity index (χ1) is 13.3.